The number of carbonyl (C=O) groups is 1. The second-order valence-electron chi connectivity index (χ2n) is 8.72. The predicted molar refractivity (Wildman–Crippen MR) is 95.6 cm³/mol. The lowest BCUT2D eigenvalue weighted by Gasteiger charge is -2.41. The van der Waals surface area contributed by atoms with Crippen molar-refractivity contribution < 1.29 is 28.3 Å². The molecule has 4 bridgehead atoms. The minimum atomic E-state index is -1.36. The van der Waals surface area contributed by atoms with E-state index >= 15 is 0 Å². The molecule has 2 saturated carbocycles. The van der Waals surface area contributed by atoms with Crippen molar-refractivity contribution >= 4 is 16.8 Å². The molecular formula is C19H28O6S. The number of ether oxygens (including phenoxy) is 3. The summed E-state index contributed by atoms with van der Waals surface area (Å²) in [7, 11) is 1.45. The molecule has 2 aliphatic carbocycles. The largest absolute Gasteiger partial charge is 0.469 e. The summed E-state index contributed by atoms with van der Waals surface area (Å²) in [5, 5.41) is 10.2. The zero-order chi connectivity index (χ0) is 18.9. The number of hydrogen-bond donors (Lipinski definition) is 1. The summed E-state index contributed by atoms with van der Waals surface area (Å²) in [5.74, 6) is -1.58. The van der Waals surface area contributed by atoms with Crippen molar-refractivity contribution in [1.82, 2.24) is 0 Å². The fraction of sp³-hybridized carbons (Fsp3) is 0.842. The van der Waals surface area contributed by atoms with Crippen LogP contribution in [-0.2, 0) is 29.8 Å². The molecule has 146 valence electrons. The van der Waals surface area contributed by atoms with E-state index < -0.39 is 45.9 Å². The molecule has 0 aromatic carbocycles. The molecule has 0 spiro atoms. The van der Waals surface area contributed by atoms with E-state index in [9.17, 15) is 14.1 Å². The first-order valence-electron chi connectivity index (χ1n) is 9.28. The van der Waals surface area contributed by atoms with Gasteiger partial charge < -0.3 is 19.3 Å². The minimum absolute atomic E-state index is 0.0594. The van der Waals surface area contributed by atoms with Crippen LogP contribution in [0.25, 0.3) is 0 Å². The molecule has 0 aromatic heterocycles. The van der Waals surface area contributed by atoms with Gasteiger partial charge in [0.2, 0.25) is 5.79 Å². The van der Waals surface area contributed by atoms with E-state index in [2.05, 4.69) is 13.8 Å². The van der Waals surface area contributed by atoms with E-state index in [1.54, 1.807) is 6.08 Å². The number of esters is 1. The predicted octanol–water partition coefficient (Wildman–Crippen LogP) is 1.39. The number of methoxy groups -OCH3 is 2. The molecule has 1 N–H and O–H groups in total. The first kappa shape index (κ1) is 18.6. The van der Waals surface area contributed by atoms with Crippen molar-refractivity contribution in [3.8, 4) is 0 Å². The Morgan fingerprint density at radius 3 is 2.65 bits per heavy atom. The molecule has 26 heavy (non-hydrogen) atoms. The Hall–Kier alpha value is -0.760. The number of fused-ring (bicyclic) bond motifs is 4. The minimum Gasteiger partial charge on any atom is -0.469 e. The fourth-order valence-corrected chi connectivity index (χ4v) is 8.45. The van der Waals surface area contributed by atoms with E-state index in [0.29, 0.717) is 11.7 Å². The molecule has 6 nitrogen and oxygen atoms in total. The maximum absolute atomic E-state index is 13.5. The highest BCUT2D eigenvalue weighted by atomic mass is 32.2. The molecule has 2 heterocycles. The van der Waals surface area contributed by atoms with Crippen LogP contribution in [-0.4, -0.2) is 58.5 Å². The van der Waals surface area contributed by atoms with Gasteiger partial charge in [-0.25, -0.2) is 0 Å². The average molecular weight is 384 g/mol. The fourth-order valence-electron chi connectivity index (χ4n) is 5.99. The van der Waals surface area contributed by atoms with E-state index in [-0.39, 0.29) is 10.8 Å². The Balaban J connectivity index is 1.64. The van der Waals surface area contributed by atoms with Crippen LogP contribution in [0.5, 0.6) is 0 Å². The van der Waals surface area contributed by atoms with Gasteiger partial charge in [0, 0.05) is 29.1 Å². The molecule has 0 amide bonds. The molecule has 4 rings (SSSR count). The maximum atomic E-state index is 13.5. The molecular weight excluding hydrogens is 356 g/mol. The average Bonchev–Trinajstić information content (AvgIpc) is 3.29. The third-order valence-corrected chi connectivity index (χ3v) is 9.74. The summed E-state index contributed by atoms with van der Waals surface area (Å²) in [5.41, 5.74) is -0.426. The Bertz CT molecular complexity index is 675. The Morgan fingerprint density at radius 1 is 1.38 bits per heavy atom. The SMILES string of the molecule is COC(=O)[C@@H]1[C@H]([S@](=O)C[C@]23CC[C@H](C[C@H]2O)C3(C)C)[C@@H]2C=C[C@@]1(OC)O2. The lowest BCUT2D eigenvalue weighted by atomic mass is 9.70. The molecule has 2 aliphatic heterocycles. The van der Waals surface area contributed by atoms with Crippen molar-refractivity contribution in [2.75, 3.05) is 20.0 Å². The van der Waals surface area contributed by atoms with Gasteiger partial charge in [-0.05, 0) is 36.7 Å². The lowest BCUT2D eigenvalue weighted by molar-refractivity contribution is -0.192. The maximum Gasteiger partial charge on any atom is 0.315 e. The number of aliphatic hydroxyl groups excluding tert-OH is 1. The monoisotopic (exact) mass is 384 g/mol. The highest BCUT2D eigenvalue weighted by Crippen LogP contribution is 2.66. The number of rotatable bonds is 5. The van der Waals surface area contributed by atoms with Crippen LogP contribution < -0.4 is 0 Å². The summed E-state index contributed by atoms with van der Waals surface area (Å²) in [6, 6.07) is 0. The third kappa shape index (κ3) is 2.14. The van der Waals surface area contributed by atoms with Gasteiger partial charge >= 0.3 is 5.97 Å². The summed E-state index contributed by atoms with van der Waals surface area (Å²) in [6.45, 7) is 4.37. The first-order valence-corrected chi connectivity index (χ1v) is 10.7. The van der Waals surface area contributed by atoms with Crippen LogP contribution in [0.15, 0.2) is 12.2 Å². The molecule has 8 atom stereocenters. The zero-order valence-electron chi connectivity index (χ0n) is 15.8. The molecule has 4 aliphatic rings. The first-order chi connectivity index (χ1) is 12.2. The van der Waals surface area contributed by atoms with Gasteiger partial charge in [0.05, 0.1) is 24.6 Å². The second-order valence-corrected chi connectivity index (χ2v) is 10.3. The number of hydrogen-bond acceptors (Lipinski definition) is 6. The van der Waals surface area contributed by atoms with Crippen LogP contribution in [0, 0.1) is 22.7 Å². The van der Waals surface area contributed by atoms with Gasteiger partial charge in [-0.2, -0.15) is 0 Å². The van der Waals surface area contributed by atoms with Crippen molar-refractivity contribution in [1.29, 1.82) is 0 Å². The highest BCUT2D eigenvalue weighted by molar-refractivity contribution is 7.85. The summed E-state index contributed by atoms with van der Waals surface area (Å²) < 4.78 is 29.9. The van der Waals surface area contributed by atoms with Gasteiger partial charge in [0.1, 0.15) is 5.92 Å². The molecule has 1 saturated heterocycles. The Morgan fingerprint density at radius 2 is 2.12 bits per heavy atom. The molecule has 3 fully saturated rings. The second kappa shape index (κ2) is 5.87. The molecule has 0 unspecified atom stereocenters. The van der Waals surface area contributed by atoms with E-state index in [1.807, 2.05) is 6.08 Å². The van der Waals surface area contributed by atoms with Gasteiger partial charge in [-0.15, -0.1) is 0 Å². The van der Waals surface area contributed by atoms with Gasteiger partial charge in [-0.3, -0.25) is 9.00 Å². The van der Waals surface area contributed by atoms with E-state index in [4.69, 9.17) is 14.2 Å². The molecule has 7 heteroatoms. The Kier molecular flexibility index (Phi) is 4.20. The van der Waals surface area contributed by atoms with Crippen molar-refractivity contribution in [2.24, 2.45) is 22.7 Å². The lowest BCUT2D eigenvalue weighted by Crippen LogP contribution is -2.50. The van der Waals surface area contributed by atoms with Crippen LogP contribution in [0.1, 0.15) is 33.1 Å². The topological polar surface area (TPSA) is 82.1 Å². The van der Waals surface area contributed by atoms with Gasteiger partial charge in [0.25, 0.3) is 0 Å². The van der Waals surface area contributed by atoms with Gasteiger partial charge in [-0.1, -0.05) is 19.9 Å². The van der Waals surface area contributed by atoms with E-state index in [0.717, 1.165) is 19.3 Å². The Labute approximate surface area is 156 Å². The van der Waals surface area contributed by atoms with Crippen LogP contribution in [0.2, 0.25) is 0 Å². The van der Waals surface area contributed by atoms with Crippen molar-refractivity contribution in [3.05, 3.63) is 12.2 Å². The smallest absolute Gasteiger partial charge is 0.315 e. The molecule has 0 aromatic rings. The third-order valence-electron chi connectivity index (χ3n) is 7.79. The highest BCUT2D eigenvalue weighted by Gasteiger charge is 2.67. The number of carbonyl (C=O) groups excluding carboxylic acids is 1. The molecule has 0 radical (unpaired) electrons. The normalized spacial score (nSPS) is 48.9. The van der Waals surface area contributed by atoms with Crippen molar-refractivity contribution in [2.45, 2.75) is 56.4 Å². The summed E-state index contributed by atoms with van der Waals surface area (Å²) >= 11 is 0. The van der Waals surface area contributed by atoms with Crippen LogP contribution >= 0.6 is 0 Å². The summed E-state index contributed by atoms with van der Waals surface area (Å²) in [4.78, 5) is 12.5. The van der Waals surface area contributed by atoms with Gasteiger partial charge in [0.15, 0.2) is 0 Å². The quantitative estimate of drug-likeness (QED) is 0.570. The van der Waals surface area contributed by atoms with Crippen LogP contribution in [0.4, 0.5) is 0 Å². The zero-order valence-corrected chi connectivity index (χ0v) is 16.6. The number of aliphatic hydroxyl groups is 1. The summed E-state index contributed by atoms with van der Waals surface area (Å²) in [6.07, 6.45) is 5.40. The van der Waals surface area contributed by atoms with E-state index in [1.165, 1.54) is 14.2 Å². The van der Waals surface area contributed by atoms with Crippen molar-refractivity contribution in [3.63, 3.8) is 0 Å². The standard InChI is InChI=1S/C19H28O6S/c1-17(2)11-5-7-18(17,13(20)9-11)10-26(22)15-12-6-8-19(24-4,25-12)14(15)16(21)23-3/h6,8,11-15,20H,5,7,9-10H2,1-4H3/t11-,12+,13-,14+,15-,18-,19-,26-/m1/s1. The van der Waals surface area contributed by atoms with Crippen LogP contribution in [0.3, 0.4) is 0 Å².